The first kappa shape index (κ1) is 14.0. The molecule has 0 aromatic heterocycles. The molecule has 0 amide bonds. The lowest BCUT2D eigenvalue weighted by molar-refractivity contribution is 0.0426. The number of ether oxygens (including phenoxy) is 2. The summed E-state index contributed by atoms with van der Waals surface area (Å²) in [5.41, 5.74) is 1.23. The van der Waals surface area contributed by atoms with Crippen LogP contribution in [0, 0.1) is 0 Å². The number of hydrogen-bond acceptors (Lipinski definition) is 3. The molecule has 3 heteroatoms. The van der Waals surface area contributed by atoms with Crippen molar-refractivity contribution in [3.63, 3.8) is 0 Å². The van der Waals surface area contributed by atoms with Crippen molar-refractivity contribution in [2.45, 2.75) is 32.9 Å². The van der Waals surface area contributed by atoms with E-state index in [1.807, 2.05) is 19.2 Å². The Morgan fingerprint density at radius 1 is 1.29 bits per heavy atom. The van der Waals surface area contributed by atoms with Crippen molar-refractivity contribution in [2.75, 3.05) is 20.3 Å². The van der Waals surface area contributed by atoms with E-state index < -0.39 is 0 Å². The molecule has 1 unspecified atom stereocenters. The van der Waals surface area contributed by atoms with Crippen molar-refractivity contribution >= 4 is 0 Å². The van der Waals surface area contributed by atoms with Gasteiger partial charge in [0.2, 0.25) is 0 Å². The van der Waals surface area contributed by atoms with E-state index in [1.54, 1.807) is 0 Å². The summed E-state index contributed by atoms with van der Waals surface area (Å²) >= 11 is 0. The van der Waals surface area contributed by atoms with E-state index in [9.17, 15) is 0 Å². The van der Waals surface area contributed by atoms with E-state index >= 15 is 0 Å². The van der Waals surface area contributed by atoms with Crippen molar-refractivity contribution in [1.29, 1.82) is 0 Å². The second-order valence-corrected chi connectivity index (χ2v) is 4.12. The van der Waals surface area contributed by atoms with Crippen molar-refractivity contribution < 1.29 is 9.47 Å². The van der Waals surface area contributed by atoms with Gasteiger partial charge in [0.05, 0.1) is 12.7 Å². The van der Waals surface area contributed by atoms with Gasteiger partial charge in [-0.05, 0) is 38.1 Å². The fourth-order valence-electron chi connectivity index (χ4n) is 1.48. The third-order valence-corrected chi connectivity index (χ3v) is 2.61. The lowest BCUT2D eigenvalue weighted by atomic mass is 10.2. The molecule has 3 nitrogen and oxygen atoms in total. The van der Waals surface area contributed by atoms with E-state index in [2.05, 4.69) is 31.3 Å². The Balaban J connectivity index is 2.28. The van der Waals surface area contributed by atoms with Crippen molar-refractivity contribution in [2.24, 2.45) is 0 Å². The highest BCUT2D eigenvalue weighted by atomic mass is 16.5. The normalized spacial score (nSPS) is 12.4. The van der Waals surface area contributed by atoms with E-state index in [1.165, 1.54) is 5.56 Å². The third-order valence-electron chi connectivity index (χ3n) is 2.61. The summed E-state index contributed by atoms with van der Waals surface area (Å²) in [4.78, 5) is 0. The zero-order valence-electron chi connectivity index (χ0n) is 11.0. The van der Waals surface area contributed by atoms with Crippen LogP contribution in [0.5, 0.6) is 5.75 Å². The maximum atomic E-state index is 5.64. The summed E-state index contributed by atoms with van der Waals surface area (Å²) in [7, 11) is 1.94. The van der Waals surface area contributed by atoms with Crippen molar-refractivity contribution in [3.8, 4) is 5.75 Å². The molecule has 0 fully saturated rings. The van der Waals surface area contributed by atoms with Gasteiger partial charge in [0, 0.05) is 6.54 Å². The summed E-state index contributed by atoms with van der Waals surface area (Å²) in [5, 5.41) is 3.12. The van der Waals surface area contributed by atoms with Crippen molar-refractivity contribution in [3.05, 3.63) is 29.8 Å². The topological polar surface area (TPSA) is 30.5 Å². The molecule has 0 saturated carbocycles. The molecular weight excluding hydrogens is 214 g/mol. The first-order chi connectivity index (χ1) is 8.26. The highest BCUT2D eigenvalue weighted by Crippen LogP contribution is 2.13. The fourth-order valence-corrected chi connectivity index (χ4v) is 1.48. The molecule has 0 radical (unpaired) electrons. The molecule has 17 heavy (non-hydrogen) atoms. The summed E-state index contributed by atoms with van der Waals surface area (Å²) in [6, 6.07) is 8.12. The van der Waals surface area contributed by atoms with Gasteiger partial charge < -0.3 is 14.8 Å². The molecular formula is C14H23NO2. The molecule has 1 N–H and O–H groups in total. The Morgan fingerprint density at radius 2 is 2.12 bits per heavy atom. The third kappa shape index (κ3) is 5.71. The summed E-state index contributed by atoms with van der Waals surface area (Å²) in [6.45, 7) is 6.31. The molecule has 0 spiro atoms. The van der Waals surface area contributed by atoms with Gasteiger partial charge in [0.25, 0.3) is 0 Å². The molecule has 1 rings (SSSR count). The van der Waals surface area contributed by atoms with Gasteiger partial charge in [-0.15, -0.1) is 0 Å². The monoisotopic (exact) mass is 237 g/mol. The van der Waals surface area contributed by atoms with E-state index in [0.717, 1.165) is 18.7 Å². The smallest absolute Gasteiger partial charge is 0.119 e. The van der Waals surface area contributed by atoms with Crippen LogP contribution >= 0.6 is 0 Å². The first-order valence-electron chi connectivity index (χ1n) is 6.24. The van der Waals surface area contributed by atoms with E-state index in [0.29, 0.717) is 19.3 Å². The minimum absolute atomic E-state index is 0.314. The maximum absolute atomic E-state index is 5.64. The zero-order chi connectivity index (χ0) is 12.5. The second kappa shape index (κ2) is 8.09. The molecule has 1 aromatic rings. The molecule has 0 aliphatic heterocycles. The summed E-state index contributed by atoms with van der Waals surface area (Å²) in [6.07, 6.45) is 1.35. The summed E-state index contributed by atoms with van der Waals surface area (Å²) in [5.74, 6) is 0.908. The SMILES string of the molecule is CCC(C)OCCOc1cccc(CNC)c1. The fraction of sp³-hybridized carbons (Fsp3) is 0.571. The number of nitrogens with one attached hydrogen (secondary N) is 1. The van der Waals surface area contributed by atoms with Crippen LogP contribution in [0.15, 0.2) is 24.3 Å². The quantitative estimate of drug-likeness (QED) is 0.705. The van der Waals surface area contributed by atoms with Crippen LogP contribution in [0.25, 0.3) is 0 Å². The molecule has 1 aromatic carbocycles. The van der Waals surface area contributed by atoms with Gasteiger partial charge in [0.1, 0.15) is 12.4 Å². The second-order valence-electron chi connectivity index (χ2n) is 4.12. The molecule has 1 atom stereocenters. The Morgan fingerprint density at radius 3 is 2.82 bits per heavy atom. The number of hydrogen-bond donors (Lipinski definition) is 1. The predicted molar refractivity (Wildman–Crippen MR) is 70.4 cm³/mol. The molecule has 0 heterocycles. The van der Waals surface area contributed by atoms with Crippen molar-refractivity contribution in [1.82, 2.24) is 5.32 Å². The van der Waals surface area contributed by atoms with E-state index in [-0.39, 0.29) is 0 Å². The maximum Gasteiger partial charge on any atom is 0.119 e. The number of benzene rings is 1. The Labute approximate surface area is 104 Å². The van der Waals surface area contributed by atoms with Gasteiger partial charge in [-0.25, -0.2) is 0 Å². The van der Waals surface area contributed by atoms with Crippen LogP contribution in [-0.4, -0.2) is 26.4 Å². The van der Waals surface area contributed by atoms with Crippen LogP contribution < -0.4 is 10.1 Å². The van der Waals surface area contributed by atoms with Gasteiger partial charge in [-0.3, -0.25) is 0 Å². The first-order valence-corrected chi connectivity index (χ1v) is 6.24. The molecule has 0 saturated heterocycles. The van der Waals surface area contributed by atoms with Gasteiger partial charge >= 0.3 is 0 Å². The van der Waals surface area contributed by atoms with Gasteiger partial charge in [-0.1, -0.05) is 19.1 Å². The van der Waals surface area contributed by atoms with Crippen LogP contribution in [0.1, 0.15) is 25.8 Å². The standard InChI is InChI=1S/C14H23NO2/c1-4-12(2)16-8-9-17-14-7-5-6-13(10-14)11-15-3/h5-7,10,12,15H,4,8-9,11H2,1-3H3. The van der Waals surface area contributed by atoms with Gasteiger partial charge in [0.15, 0.2) is 0 Å². The lowest BCUT2D eigenvalue weighted by Gasteiger charge is -2.12. The van der Waals surface area contributed by atoms with Crippen LogP contribution in [0.3, 0.4) is 0 Å². The van der Waals surface area contributed by atoms with E-state index in [4.69, 9.17) is 9.47 Å². The minimum atomic E-state index is 0.314. The zero-order valence-corrected chi connectivity index (χ0v) is 11.0. The summed E-state index contributed by atoms with van der Waals surface area (Å²) < 4.78 is 11.2. The van der Waals surface area contributed by atoms with Crippen LogP contribution in [-0.2, 0) is 11.3 Å². The molecule has 0 aliphatic carbocycles. The Bertz CT molecular complexity index is 315. The van der Waals surface area contributed by atoms with Crippen LogP contribution in [0.2, 0.25) is 0 Å². The molecule has 0 bridgehead atoms. The average molecular weight is 237 g/mol. The largest absolute Gasteiger partial charge is 0.491 e. The van der Waals surface area contributed by atoms with Crippen LogP contribution in [0.4, 0.5) is 0 Å². The Hall–Kier alpha value is -1.06. The Kier molecular flexibility index (Phi) is 6.67. The highest BCUT2D eigenvalue weighted by molar-refractivity contribution is 5.28. The minimum Gasteiger partial charge on any atom is -0.491 e. The van der Waals surface area contributed by atoms with Gasteiger partial charge in [-0.2, -0.15) is 0 Å². The highest BCUT2D eigenvalue weighted by Gasteiger charge is 1.99. The number of rotatable bonds is 8. The average Bonchev–Trinajstić information content (AvgIpc) is 2.35. The lowest BCUT2D eigenvalue weighted by Crippen LogP contribution is -2.13. The molecule has 0 aliphatic rings. The predicted octanol–water partition coefficient (Wildman–Crippen LogP) is 2.60. The molecule has 96 valence electrons.